The van der Waals surface area contributed by atoms with Gasteiger partial charge in [0.05, 0.1) is 0 Å². The van der Waals surface area contributed by atoms with Crippen molar-refractivity contribution in [1.82, 2.24) is 15.1 Å². The van der Waals surface area contributed by atoms with E-state index in [1.807, 2.05) is 14.1 Å². The number of likely N-dealkylation sites (N-methyl/N-ethyl adjacent to an activating group) is 1. The van der Waals surface area contributed by atoms with E-state index in [2.05, 4.69) is 17.3 Å². The highest BCUT2D eigenvalue weighted by atomic mass is 16.2. The number of hydrogen-bond donors (Lipinski definition) is 1. The highest BCUT2D eigenvalue weighted by molar-refractivity contribution is 5.75. The zero-order chi connectivity index (χ0) is 10.6. The second-order valence-electron chi connectivity index (χ2n) is 4.18. The molecule has 1 aliphatic heterocycles. The molecule has 0 spiro atoms. The molecule has 1 heterocycles. The van der Waals surface area contributed by atoms with E-state index in [1.54, 1.807) is 4.90 Å². The molecule has 82 valence electrons. The van der Waals surface area contributed by atoms with Crippen LogP contribution >= 0.6 is 0 Å². The average molecular weight is 199 g/mol. The third-order valence-corrected chi connectivity index (χ3v) is 2.78. The highest BCUT2D eigenvalue weighted by Crippen LogP contribution is 2.04. The van der Waals surface area contributed by atoms with Gasteiger partial charge in [0.15, 0.2) is 0 Å². The summed E-state index contributed by atoms with van der Waals surface area (Å²) in [7, 11) is 5.75. The molecule has 1 fully saturated rings. The molecule has 1 saturated heterocycles. The smallest absolute Gasteiger partial charge is 0.222 e. The van der Waals surface area contributed by atoms with Gasteiger partial charge in [-0.25, -0.2) is 0 Å². The van der Waals surface area contributed by atoms with E-state index in [-0.39, 0.29) is 5.91 Å². The molecule has 0 radical (unpaired) electrons. The Morgan fingerprint density at radius 2 is 2.00 bits per heavy atom. The van der Waals surface area contributed by atoms with Gasteiger partial charge in [-0.2, -0.15) is 0 Å². The number of hydrogen-bond acceptors (Lipinski definition) is 3. The molecule has 1 amide bonds. The Kier molecular flexibility index (Phi) is 4.35. The fourth-order valence-electron chi connectivity index (χ4n) is 1.47. The van der Waals surface area contributed by atoms with Gasteiger partial charge < -0.3 is 15.1 Å². The van der Waals surface area contributed by atoms with Crippen molar-refractivity contribution < 1.29 is 4.79 Å². The lowest BCUT2D eigenvalue weighted by Gasteiger charge is -2.35. The molecule has 1 N–H and O–H groups in total. The first kappa shape index (κ1) is 11.5. The van der Waals surface area contributed by atoms with E-state index >= 15 is 0 Å². The first-order valence-corrected chi connectivity index (χ1v) is 5.22. The maximum Gasteiger partial charge on any atom is 0.222 e. The van der Waals surface area contributed by atoms with E-state index in [4.69, 9.17) is 0 Å². The van der Waals surface area contributed by atoms with Crippen molar-refractivity contribution in [3.8, 4) is 0 Å². The van der Waals surface area contributed by atoms with Crippen LogP contribution in [0.2, 0.25) is 0 Å². The Morgan fingerprint density at radius 3 is 2.43 bits per heavy atom. The summed E-state index contributed by atoms with van der Waals surface area (Å²) in [5, 5.41) is 3.24. The van der Waals surface area contributed by atoms with E-state index in [0.29, 0.717) is 12.5 Å². The van der Waals surface area contributed by atoms with Crippen LogP contribution in [0.5, 0.6) is 0 Å². The molecule has 0 atom stereocenters. The van der Waals surface area contributed by atoms with E-state index in [1.165, 1.54) is 0 Å². The molecule has 0 bridgehead atoms. The average Bonchev–Trinajstić information content (AvgIpc) is 2.00. The molecule has 0 aromatic carbocycles. The third-order valence-electron chi connectivity index (χ3n) is 2.78. The highest BCUT2D eigenvalue weighted by Gasteiger charge is 2.20. The molecule has 4 heteroatoms. The van der Waals surface area contributed by atoms with Crippen LogP contribution in [0.25, 0.3) is 0 Å². The Bertz CT molecular complexity index is 190. The summed E-state index contributed by atoms with van der Waals surface area (Å²) in [5.41, 5.74) is 0. The zero-order valence-corrected chi connectivity index (χ0v) is 9.42. The summed E-state index contributed by atoms with van der Waals surface area (Å²) in [4.78, 5) is 15.3. The van der Waals surface area contributed by atoms with Gasteiger partial charge in [0.2, 0.25) is 5.91 Å². The summed E-state index contributed by atoms with van der Waals surface area (Å²) in [6, 6.07) is 0.685. The van der Waals surface area contributed by atoms with Gasteiger partial charge in [0.1, 0.15) is 0 Å². The maximum absolute atomic E-state index is 11.3. The Balaban J connectivity index is 2.05. The predicted molar refractivity (Wildman–Crippen MR) is 57.2 cm³/mol. The van der Waals surface area contributed by atoms with E-state index in [9.17, 15) is 4.79 Å². The van der Waals surface area contributed by atoms with Crippen molar-refractivity contribution in [1.29, 1.82) is 0 Å². The quantitative estimate of drug-likeness (QED) is 0.664. The number of nitrogens with zero attached hydrogens (tertiary/aromatic N) is 2. The van der Waals surface area contributed by atoms with Gasteiger partial charge in [-0.15, -0.1) is 0 Å². The lowest BCUT2D eigenvalue weighted by molar-refractivity contribution is -0.128. The molecule has 0 unspecified atom stereocenters. The minimum atomic E-state index is 0.227. The normalized spacial score (nSPS) is 16.9. The van der Waals surface area contributed by atoms with Crippen molar-refractivity contribution >= 4 is 5.91 Å². The minimum absolute atomic E-state index is 0.227. The number of nitrogens with one attached hydrogen (secondary N) is 1. The van der Waals surface area contributed by atoms with Crippen LogP contribution in [0.3, 0.4) is 0 Å². The second kappa shape index (κ2) is 5.32. The molecular weight excluding hydrogens is 178 g/mol. The molecule has 1 aliphatic rings. The lowest BCUT2D eigenvalue weighted by atomic mass is 10.1. The van der Waals surface area contributed by atoms with Crippen LogP contribution in [0.4, 0.5) is 0 Å². The first-order chi connectivity index (χ1) is 6.61. The predicted octanol–water partition coefficient (Wildman–Crippen LogP) is -0.242. The molecule has 0 aromatic heterocycles. The Morgan fingerprint density at radius 1 is 1.36 bits per heavy atom. The van der Waals surface area contributed by atoms with E-state index < -0.39 is 0 Å². The van der Waals surface area contributed by atoms with Gasteiger partial charge in [-0.3, -0.25) is 4.79 Å². The molecule has 4 nitrogen and oxygen atoms in total. The topological polar surface area (TPSA) is 35.6 Å². The molecule has 0 aliphatic carbocycles. The summed E-state index contributed by atoms with van der Waals surface area (Å²) >= 11 is 0. The number of carbonyl (C=O) groups excluding carboxylic acids is 1. The van der Waals surface area contributed by atoms with Crippen LogP contribution < -0.4 is 5.32 Å². The summed E-state index contributed by atoms with van der Waals surface area (Å²) in [5.74, 6) is 0.227. The fourth-order valence-corrected chi connectivity index (χ4v) is 1.47. The first-order valence-electron chi connectivity index (χ1n) is 5.22. The fraction of sp³-hybridized carbons (Fsp3) is 0.900. The zero-order valence-electron chi connectivity index (χ0n) is 9.42. The van der Waals surface area contributed by atoms with Crippen molar-refractivity contribution in [3.05, 3.63) is 0 Å². The van der Waals surface area contributed by atoms with Crippen LogP contribution in [0.1, 0.15) is 12.8 Å². The van der Waals surface area contributed by atoms with Crippen LogP contribution in [-0.2, 0) is 4.79 Å². The summed E-state index contributed by atoms with van der Waals surface area (Å²) < 4.78 is 0. The standard InChI is InChI=1S/C10H21N3O/c1-12(2)10(14)5-4-6-13(3)9-7-11-8-9/h9,11H,4-8H2,1-3H3. The van der Waals surface area contributed by atoms with Crippen LogP contribution in [0, 0.1) is 0 Å². The van der Waals surface area contributed by atoms with Crippen molar-refractivity contribution in [2.24, 2.45) is 0 Å². The van der Waals surface area contributed by atoms with Gasteiger partial charge in [-0.05, 0) is 20.0 Å². The summed E-state index contributed by atoms with van der Waals surface area (Å²) in [6.45, 7) is 3.21. The van der Waals surface area contributed by atoms with Crippen molar-refractivity contribution in [2.75, 3.05) is 40.8 Å². The van der Waals surface area contributed by atoms with Gasteiger partial charge in [0, 0.05) is 39.6 Å². The largest absolute Gasteiger partial charge is 0.349 e. The second-order valence-corrected chi connectivity index (χ2v) is 4.18. The lowest BCUT2D eigenvalue weighted by Crippen LogP contribution is -2.56. The van der Waals surface area contributed by atoms with E-state index in [0.717, 1.165) is 26.1 Å². The van der Waals surface area contributed by atoms with Gasteiger partial charge in [0.25, 0.3) is 0 Å². The SMILES string of the molecule is CN(C)C(=O)CCCN(C)C1CNC1. The molecule has 1 rings (SSSR count). The minimum Gasteiger partial charge on any atom is -0.349 e. The van der Waals surface area contributed by atoms with Gasteiger partial charge in [-0.1, -0.05) is 0 Å². The van der Waals surface area contributed by atoms with Crippen LogP contribution in [0.15, 0.2) is 0 Å². The van der Waals surface area contributed by atoms with Gasteiger partial charge >= 0.3 is 0 Å². The molecule has 0 aromatic rings. The number of rotatable bonds is 5. The number of carbonyl (C=O) groups is 1. The molecular formula is C10H21N3O. The molecule has 0 saturated carbocycles. The monoisotopic (exact) mass is 199 g/mol. The van der Waals surface area contributed by atoms with Crippen molar-refractivity contribution in [2.45, 2.75) is 18.9 Å². The number of amides is 1. The van der Waals surface area contributed by atoms with Crippen LogP contribution in [-0.4, -0.2) is 62.5 Å². The Hall–Kier alpha value is -0.610. The van der Waals surface area contributed by atoms with Crippen molar-refractivity contribution in [3.63, 3.8) is 0 Å². The Labute approximate surface area is 86.2 Å². The third kappa shape index (κ3) is 3.27. The summed E-state index contributed by atoms with van der Waals surface area (Å²) in [6.07, 6.45) is 1.63. The maximum atomic E-state index is 11.3. The molecule has 14 heavy (non-hydrogen) atoms.